The zero-order chi connectivity index (χ0) is 14.7. The first-order valence-corrected chi connectivity index (χ1v) is 6.30. The van der Waals surface area contributed by atoms with E-state index in [1.165, 1.54) is 23.3 Å². The van der Waals surface area contributed by atoms with Gasteiger partial charge in [-0.2, -0.15) is 0 Å². The van der Waals surface area contributed by atoms with Crippen molar-refractivity contribution in [2.45, 2.75) is 20.4 Å². The van der Waals surface area contributed by atoms with Crippen LogP contribution in [0.2, 0.25) is 0 Å². The van der Waals surface area contributed by atoms with Gasteiger partial charge in [-0.3, -0.25) is 0 Å². The first kappa shape index (κ1) is 14.1. The maximum absolute atomic E-state index is 13.3. The third-order valence-electron chi connectivity index (χ3n) is 3.26. The molecule has 0 saturated heterocycles. The van der Waals surface area contributed by atoms with E-state index in [-0.39, 0.29) is 5.56 Å². The minimum absolute atomic E-state index is 0.324. The van der Waals surface area contributed by atoms with E-state index in [0.717, 1.165) is 11.6 Å². The van der Waals surface area contributed by atoms with Crippen LogP contribution in [0.4, 0.5) is 10.1 Å². The van der Waals surface area contributed by atoms with E-state index < -0.39 is 11.8 Å². The smallest absolute Gasteiger partial charge is 0.338 e. The third kappa shape index (κ3) is 3.15. The Balaban J connectivity index is 2.12. The summed E-state index contributed by atoms with van der Waals surface area (Å²) in [5, 5.41) is 12.0. The standard InChI is InChI=1S/C16H16FNO2/c1-10-3-4-12(7-11(10)2)9-18-13-5-6-15(17)14(8-13)16(19)20/h3-8,18H,9H2,1-2H3,(H,19,20). The summed E-state index contributed by atoms with van der Waals surface area (Å²) in [7, 11) is 0. The minimum atomic E-state index is -1.27. The Morgan fingerprint density at radius 2 is 1.90 bits per heavy atom. The molecule has 0 heterocycles. The van der Waals surface area contributed by atoms with Gasteiger partial charge in [-0.15, -0.1) is 0 Å². The van der Waals surface area contributed by atoms with Gasteiger partial charge in [-0.1, -0.05) is 18.2 Å². The average molecular weight is 273 g/mol. The van der Waals surface area contributed by atoms with Crippen LogP contribution in [0, 0.1) is 19.7 Å². The number of anilines is 1. The zero-order valence-electron chi connectivity index (χ0n) is 11.4. The number of aromatic carboxylic acids is 1. The van der Waals surface area contributed by atoms with Gasteiger partial charge in [0.15, 0.2) is 0 Å². The molecule has 3 nitrogen and oxygen atoms in total. The van der Waals surface area contributed by atoms with E-state index in [1.807, 2.05) is 26.0 Å². The van der Waals surface area contributed by atoms with Crippen molar-refractivity contribution in [1.29, 1.82) is 0 Å². The summed E-state index contributed by atoms with van der Waals surface area (Å²) in [5.41, 5.74) is 3.78. The highest BCUT2D eigenvalue weighted by Crippen LogP contribution is 2.17. The van der Waals surface area contributed by atoms with Crippen LogP contribution in [0.25, 0.3) is 0 Å². The fourth-order valence-corrected chi connectivity index (χ4v) is 1.92. The quantitative estimate of drug-likeness (QED) is 0.891. The monoisotopic (exact) mass is 273 g/mol. The number of hydrogen-bond donors (Lipinski definition) is 2. The largest absolute Gasteiger partial charge is 0.478 e. The molecule has 2 aromatic rings. The Morgan fingerprint density at radius 3 is 2.55 bits per heavy atom. The van der Waals surface area contributed by atoms with Crippen LogP contribution in [0.1, 0.15) is 27.0 Å². The lowest BCUT2D eigenvalue weighted by Crippen LogP contribution is -2.04. The van der Waals surface area contributed by atoms with Gasteiger partial charge in [0.25, 0.3) is 0 Å². The average Bonchev–Trinajstić information content (AvgIpc) is 2.41. The molecule has 0 atom stereocenters. The second-order valence-electron chi connectivity index (χ2n) is 4.77. The number of benzene rings is 2. The predicted molar refractivity (Wildman–Crippen MR) is 76.6 cm³/mol. The molecule has 104 valence electrons. The van der Waals surface area contributed by atoms with Crippen molar-refractivity contribution >= 4 is 11.7 Å². The topological polar surface area (TPSA) is 49.3 Å². The molecule has 0 aliphatic rings. The second-order valence-corrected chi connectivity index (χ2v) is 4.77. The Hall–Kier alpha value is -2.36. The van der Waals surface area contributed by atoms with Gasteiger partial charge in [0.2, 0.25) is 0 Å². The summed E-state index contributed by atoms with van der Waals surface area (Å²) < 4.78 is 13.3. The van der Waals surface area contributed by atoms with Crippen LogP contribution in [-0.2, 0) is 6.54 Å². The van der Waals surface area contributed by atoms with Crippen LogP contribution >= 0.6 is 0 Å². The Kier molecular flexibility index (Phi) is 4.03. The molecule has 0 fully saturated rings. The molecular formula is C16H16FNO2. The Bertz CT molecular complexity index is 653. The van der Waals surface area contributed by atoms with Crippen LogP contribution in [0.3, 0.4) is 0 Å². The van der Waals surface area contributed by atoms with Crippen LogP contribution < -0.4 is 5.32 Å². The third-order valence-corrected chi connectivity index (χ3v) is 3.26. The maximum Gasteiger partial charge on any atom is 0.338 e. The molecule has 0 aromatic heterocycles. The first-order chi connectivity index (χ1) is 9.47. The summed E-state index contributed by atoms with van der Waals surface area (Å²) in [6, 6.07) is 10.1. The molecular weight excluding hydrogens is 257 g/mol. The van der Waals surface area contributed by atoms with Crippen LogP contribution in [0.5, 0.6) is 0 Å². The summed E-state index contributed by atoms with van der Waals surface area (Å²) in [6.45, 7) is 4.65. The predicted octanol–water partition coefficient (Wildman–Crippen LogP) is 3.75. The second kappa shape index (κ2) is 5.74. The molecule has 2 rings (SSSR count). The van der Waals surface area contributed by atoms with Gasteiger partial charge in [0.05, 0.1) is 5.56 Å². The van der Waals surface area contributed by atoms with E-state index in [2.05, 4.69) is 11.4 Å². The lowest BCUT2D eigenvalue weighted by atomic mass is 10.1. The molecule has 0 amide bonds. The molecule has 0 spiro atoms. The van der Waals surface area contributed by atoms with E-state index >= 15 is 0 Å². The zero-order valence-corrected chi connectivity index (χ0v) is 11.4. The van der Waals surface area contributed by atoms with Crippen molar-refractivity contribution in [3.05, 3.63) is 64.5 Å². The molecule has 0 aliphatic carbocycles. The van der Waals surface area contributed by atoms with E-state index in [4.69, 9.17) is 5.11 Å². The highest BCUT2D eigenvalue weighted by atomic mass is 19.1. The molecule has 0 saturated carbocycles. The van der Waals surface area contributed by atoms with Crippen molar-refractivity contribution in [3.8, 4) is 0 Å². The fourth-order valence-electron chi connectivity index (χ4n) is 1.92. The molecule has 0 aliphatic heterocycles. The number of aryl methyl sites for hydroxylation is 2. The highest BCUT2D eigenvalue weighted by molar-refractivity contribution is 5.89. The summed E-state index contributed by atoms with van der Waals surface area (Å²) >= 11 is 0. The number of carboxylic acids is 1. The van der Waals surface area contributed by atoms with Crippen molar-refractivity contribution in [2.24, 2.45) is 0 Å². The van der Waals surface area contributed by atoms with Crippen molar-refractivity contribution in [1.82, 2.24) is 0 Å². The van der Waals surface area contributed by atoms with Crippen molar-refractivity contribution in [2.75, 3.05) is 5.32 Å². The van der Waals surface area contributed by atoms with Crippen molar-refractivity contribution < 1.29 is 14.3 Å². The van der Waals surface area contributed by atoms with Gasteiger partial charge in [0, 0.05) is 12.2 Å². The molecule has 0 radical (unpaired) electrons. The molecule has 2 aromatic carbocycles. The number of nitrogens with one attached hydrogen (secondary N) is 1. The van der Waals surface area contributed by atoms with Crippen molar-refractivity contribution in [3.63, 3.8) is 0 Å². The van der Waals surface area contributed by atoms with E-state index in [1.54, 1.807) is 0 Å². The minimum Gasteiger partial charge on any atom is -0.478 e. The Morgan fingerprint density at radius 1 is 1.15 bits per heavy atom. The Labute approximate surface area is 117 Å². The summed E-state index contributed by atoms with van der Waals surface area (Å²) in [4.78, 5) is 10.9. The molecule has 2 N–H and O–H groups in total. The van der Waals surface area contributed by atoms with E-state index in [0.29, 0.717) is 12.2 Å². The molecule has 0 bridgehead atoms. The highest BCUT2D eigenvalue weighted by Gasteiger charge is 2.10. The van der Waals surface area contributed by atoms with Gasteiger partial charge in [-0.05, 0) is 48.7 Å². The van der Waals surface area contributed by atoms with E-state index in [9.17, 15) is 9.18 Å². The number of halogens is 1. The fraction of sp³-hybridized carbons (Fsp3) is 0.188. The summed E-state index contributed by atoms with van der Waals surface area (Å²) in [6.07, 6.45) is 0. The first-order valence-electron chi connectivity index (χ1n) is 6.30. The summed E-state index contributed by atoms with van der Waals surface area (Å²) in [5.74, 6) is -1.99. The van der Waals surface area contributed by atoms with Gasteiger partial charge in [-0.25, -0.2) is 9.18 Å². The van der Waals surface area contributed by atoms with Gasteiger partial charge in [0.1, 0.15) is 5.82 Å². The number of hydrogen-bond acceptors (Lipinski definition) is 2. The number of rotatable bonds is 4. The van der Waals surface area contributed by atoms with Crippen LogP contribution in [0.15, 0.2) is 36.4 Å². The maximum atomic E-state index is 13.3. The SMILES string of the molecule is Cc1ccc(CNc2ccc(F)c(C(=O)O)c2)cc1C. The number of carboxylic acid groups (broad SMARTS) is 1. The lowest BCUT2D eigenvalue weighted by Gasteiger charge is -2.09. The lowest BCUT2D eigenvalue weighted by molar-refractivity contribution is 0.0692. The van der Waals surface area contributed by atoms with Gasteiger partial charge >= 0.3 is 5.97 Å². The number of carbonyl (C=O) groups is 1. The molecule has 4 heteroatoms. The molecule has 0 unspecified atom stereocenters. The van der Waals surface area contributed by atoms with Gasteiger partial charge < -0.3 is 10.4 Å². The molecule has 20 heavy (non-hydrogen) atoms. The van der Waals surface area contributed by atoms with Crippen LogP contribution in [-0.4, -0.2) is 11.1 Å². The normalized spacial score (nSPS) is 10.3.